The first kappa shape index (κ1) is 24.7. The number of piperazine rings is 1. The van der Waals surface area contributed by atoms with Crippen molar-refractivity contribution in [2.75, 3.05) is 44.2 Å². The van der Waals surface area contributed by atoms with E-state index >= 15 is 0 Å². The highest BCUT2D eigenvalue weighted by atomic mass is 127. The van der Waals surface area contributed by atoms with E-state index in [4.69, 9.17) is 25.9 Å². The molecule has 0 spiro atoms. The highest BCUT2D eigenvalue weighted by Gasteiger charge is 2.20. The van der Waals surface area contributed by atoms with E-state index in [0.29, 0.717) is 24.9 Å². The van der Waals surface area contributed by atoms with Crippen molar-refractivity contribution in [1.29, 1.82) is 0 Å². The molecule has 10 heteroatoms. The molecule has 1 aliphatic rings. The van der Waals surface area contributed by atoms with Crippen LogP contribution in [0.4, 0.5) is 5.69 Å². The monoisotopic (exact) mass is 548 g/mol. The minimum Gasteiger partial charge on any atom is -0.371 e. The molecule has 0 bridgehead atoms. The number of nitrogens with one attached hydrogen (secondary N) is 1. The fourth-order valence-electron chi connectivity index (χ4n) is 3.24. The topological polar surface area (TPSA) is 79.0 Å². The van der Waals surface area contributed by atoms with Crippen LogP contribution in [0.25, 0.3) is 0 Å². The Morgan fingerprint density at radius 1 is 1.30 bits per heavy atom. The van der Waals surface area contributed by atoms with Crippen molar-refractivity contribution in [3.8, 4) is 0 Å². The van der Waals surface area contributed by atoms with Gasteiger partial charge in [-0.2, -0.15) is 4.98 Å². The normalized spacial score (nSPS) is 15.7. The van der Waals surface area contributed by atoms with E-state index in [9.17, 15) is 0 Å². The molecule has 1 fully saturated rings. The van der Waals surface area contributed by atoms with Gasteiger partial charge in [-0.3, -0.25) is 0 Å². The van der Waals surface area contributed by atoms with Gasteiger partial charge in [0.25, 0.3) is 0 Å². The number of anilines is 1. The molecule has 2 heterocycles. The Balaban J connectivity index is 0.00000320. The van der Waals surface area contributed by atoms with Gasteiger partial charge in [-0.1, -0.05) is 22.8 Å². The number of hydrogen-bond donors (Lipinski definition) is 1. The number of aliphatic imine (C=N–C) groups is 1. The second kappa shape index (κ2) is 12.3. The third-order valence-corrected chi connectivity index (χ3v) is 4.95. The SMILES string of the molecule is CCNC(=NCc1nc(C(C)OCC)no1)N1CCN(c2cccc(Cl)c2)CC1.I. The van der Waals surface area contributed by atoms with Crippen LogP contribution in [0, 0.1) is 0 Å². The summed E-state index contributed by atoms with van der Waals surface area (Å²) in [5.74, 6) is 1.90. The molecule has 30 heavy (non-hydrogen) atoms. The maximum atomic E-state index is 6.13. The number of benzene rings is 1. The van der Waals surface area contributed by atoms with Crippen LogP contribution < -0.4 is 10.2 Å². The molecule has 1 N–H and O–H groups in total. The lowest BCUT2D eigenvalue weighted by Crippen LogP contribution is -2.52. The quantitative estimate of drug-likeness (QED) is 0.321. The predicted molar refractivity (Wildman–Crippen MR) is 130 cm³/mol. The Morgan fingerprint density at radius 3 is 2.73 bits per heavy atom. The molecule has 1 aliphatic heterocycles. The number of guanidine groups is 1. The summed E-state index contributed by atoms with van der Waals surface area (Å²) in [6.07, 6.45) is -0.186. The van der Waals surface area contributed by atoms with Crippen LogP contribution in [0.15, 0.2) is 33.8 Å². The van der Waals surface area contributed by atoms with Crippen LogP contribution in [-0.2, 0) is 11.3 Å². The zero-order chi connectivity index (χ0) is 20.6. The van der Waals surface area contributed by atoms with Crippen LogP contribution in [0.3, 0.4) is 0 Å². The molecule has 0 radical (unpaired) electrons. The van der Waals surface area contributed by atoms with Gasteiger partial charge in [0.1, 0.15) is 12.6 Å². The molecular formula is C20H30ClIN6O2. The lowest BCUT2D eigenvalue weighted by Gasteiger charge is -2.37. The number of aromatic nitrogens is 2. The van der Waals surface area contributed by atoms with E-state index in [1.165, 1.54) is 0 Å². The minimum absolute atomic E-state index is 0. The molecule has 0 saturated carbocycles. The number of rotatable bonds is 7. The first-order valence-corrected chi connectivity index (χ1v) is 10.5. The van der Waals surface area contributed by atoms with Crippen molar-refractivity contribution in [3.63, 3.8) is 0 Å². The van der Waals surface area contributed by atoms with Crippen molar-refractivity contribution in [3.05, 3.63) is 41.0 Å². The van der Waals surface area contributed by atoms with E-state index in [1.807, 2.05) is 32.0 Å². The summed E-state index contributed by atoms with van der Waals surface area (Å²) in [5, 5.41) is 8.11. The molecule has 0 aliphatic carbocycles. The van der Waals surface area contributed by atoms with Gasteiger partial charge in [-0.15, -0.1) is 24.0 Å². The van der Waals surface area contributed by atoms with Gasteiger partial charge in [-0.05, 0) is 39.0 Å². The summed E-state index contributed by atoms with van der Waals surface area (Å²) in [4.78, 5) is 13.7. The van der Waals surface area contributed by atoms with E-state index < -0.39 is 0 Å². The second-order valence-electron chi connectivity index (χ2n) is 6.77. The minimum atomic E-state index is -0.186. The van der Waals surface area contributed by atoms with Crippen LogP contribution in [0.5, 0.6) is 0 Å². The van der Waals surface area contributed by atoms with E-state index in [1.54, 1.807) is 0 Å². The Hall–Kier alpha value is -1.59. The fraction of sp³-hybridized carbons (Fsp3) is 0.550. The molecule has 1 unspecified atom stereocenters. The standard InChI is InChI=1S/C20H29ClN6O2.HI/c1-4-22-20(23-14-18-24-19(25-29-18)15(3)28-5-2)27-11-9-26(10-12-27)17-8-6-7-16(21)13-17;/h6-8,13,15H,4-5,9-12,14H2,1-3H3,(H,22,23);1H. The largest absolute Gasteiger partial charge is 0.371 e. The van der Waals surface area contributed by atoms with Gasteiger partial charge < -0.3 is 24.4 Å². The van der Waals surface area contributed by atoms with Crippen molar-refractivity contribution in [2.24, 2.45) is 4.99 Å². The Labute approximate surface area is 200 Å². The molecule has 0 amide bonds. The molecule has 1 aromatic heterocycles. The van der Waals surface area contributed by atoms with E-state index in [0.717, 1.165) is 49.4 Å². The molecule has 3 rings (SSSR count). The number of halogens is 2. The summed E-state index contributed by atoms with van der Waals surface area (Å²) in [6.45, 7) is 11.2. The van der Waals surface area contributed by atoms with Crippen LogP contribution in [0.1, 0.15) is 38.6 Å². The van der Waals surface area contributed by atoms with Gasteiger partial charge in [-0.25, -0.2) is 4.99 Å². The molecule has 1 saturated heterocycles. The highest BCUT2D eigenvalue weighted by Crippen LogP contribution is 2.21. The zero-order valence-corrected chi connectivity index (χ0v) is 20.8. The first-order chi connectivity index (χ1) is 14.1. The molecule has 1 aromatic carbocycles. The van der Waals surface area contributed by atoms with Crippen molar-refractivity contribution >= 4 is 47.2 Å². The van der Waals surface area contributed by atoms with Crippen LogP contribution in [-0.4, -0.2) is 60.3 Å². The van der Waals surface area contributed by atoms with E-state index in [2.05, 4.69) is 38.2 Å². The van der Waals surface area contributed by atoms with Gasteiger partial charge in [0.2, 0.25) is 5.89 Å². The Kier molecular flexibility index (Phi) is 10.1. The highest BCUT2D eigenvalue weighted by molar-refractivity contribution is 14.0. The number of nitrogens with zero attached hydrogens (tertiary/aromatic N) is 5. The first-order valence-electron chi connectivity index (χ1n) is 10.1. The number of ether oxygens (including phenoxy) is 1. The summed E-state index contributed by atoms with van der Waals surface area (Å²) in [7, 11) is 0. The summed E-state index contributed by atoms with van der Waals surface area (Å²) >= 11 is 6.13. The predicted octanol–water partition coefficient (Wildman–Crippen LogP) is 3.73. The van der Waals surface area contributed by atoms with Gasteiger partial charge in [0.05, 0.1) is 0 Å². The van der Waals surface area contributed by atoms with Gasteiger partial charge in [0, 0.05) is 50.0 Å². The van der Waals surface area contributed by atoms with Crippen molar-refractivity contribution < 1.29 is 9.26 Å². The maximum absolute atomic E-state index is 6.13. The average molecular weight is 549 g/mol. The van der Waals surface area contributed by atoms with Crippen LogP contribution in [0.2, 0.25) is 5.02 Å². The van der Waals surface area contributed by atoms with Crippen LogP contribution >= 0.6 is 35.6 Å². The molecule has 2 aromatic rings. The Bertz CT molecular complexity index is 810. The van der Waals surface area contributed by atoms with Gasteiger partial charge in [0.15, 0.2) is 11.8 Å². The maximum Gasteiger partial charge on any atom is 0.248 e. The number of hydrogen-bond acceptors (Lipinski definition) is 6. The smallest absolute Gasteiger partial charge is 0.248 e. The summed E-state index contributed by atoms with van der Waals surface area (Å²) in [6, 6.07) is 7.99. The van der Waals surface area contributed by atoms with Crippen molar-refractivity contribution in [1.82, 2.24) is 20.4 Å². The third-order valence-electron chi connectivity index (χ3n) is 4.72. The van der Waals surface area contributed by atoms with E-state index in [-0.39, 0.29) is 30.1 Å². The second-order valence-corrected chi connectivity index (χ2v) is 7.20. The lowest BCUT2D eigenvalue weighted by atomic mass is 10.2. The molecule has 1 atom stereocenters. The van der Waals surface area contributed by atoms with Gasteiger partial charge >= 0.3 is 0 Å². The molecule has 8 nitrogen and oxygen atoms in total. The summed E-state index contributed by atoms with van der Waals surface area (Å²) < 4.78 is 10.8. The zero-order valence-electron chi connectivity index (χ0n) is 17.7. The average Bonchev–Trinajstić information content (AvgIpc) is 3.21. The fourth-order valence-corrected chi connectivity index (χ4v) is 3.42. The molecule has 166 valence electrons. The van der Waals surface area contributed by atoms with Crippen molar-refractivity contribution in [2.45, 2.75) is 33.4 Å². The third kappa shape index (κ3) is 6.71. The summed E-state index contributed by atoms with van der Waals surface area (Å²) in [5.41, 5.74) is 1.15. The Morgan fingerprint density at radius 2 is 2.07 bits per heavy atom. The lowest BCUT2D eigenvalue weighted by molar-refractivity contribution is 0.0683. The molecular weight excluding hydrogens is 519 g/mol.